The maximum atomic E-state index is 12.1. The van der Waals surface area contributed by atoms with Gasteiger partial charge in [0, 0.05) is 6.20 Å². The maximum Gasteiger partial charge on any atom is 0.327 e. The van der Waals surface area contributed by atoms with Crippen LogP contribution in [0.2, 0.25) is 0 Å². The number of aromatic nitrogens is 1. The van der Waals surface area contributed by atoms with Crippen molar-refractivity contribution >= 4 is 17.8 Å². The fourth-order valence-electron chi connectivity index (χ4n) is 2.03. The molecule has 2 heterocycles. The van der Waals surface area contributed by atoms with E-state index in [0.29, 0.717) is 0 Å². The molecule has 1 N–H and O–H groups in total. The van der Waals surface area contributed by atoms with E-state index in [1.54, 1.807) is 19.9 Å². The lowest BCUT2D eigenvalue weighted by atomic mass is 10.0. The first-order chi connectivity index (χ1) is 8.45. The predicted octanol–water partition coefficient (Wildman–Crippen LogP) is 0.787. The van der Waals surface area contributed by atoms with Crippen LogP contribution in [0.4, 0.5) is 0 Å². The summed E-state index contributed by atoms with van der Waals surface area (Å²) in [4.78, 5) is 39.9. The number of aliphatic carboxylic acids is 1. The zero-order valence-electron chi connectivity index (χ0n) is 9.95. The number of carboxylic acids is 1. The van der Waals surface area contributed by atoms with Crippen molar-refractivity contribution in [2.24, 2.45) is 5.92 Å². The molecule has 1 aromatic rings. The first-order valence-electron chi connectivity index (χ1n) is 5.51. The van der Waals surface area contributed by atoms with Crippen molar-refractivity contribution < 1.29 is 19.5 Å². The molecule has 1 aliphatic heterocycles. The van der Waals surface area contributed by atoms with Gasteiger partial charge >= 0.3 is 5.97 Å². The number of carbonyl (C=O) groups is 3. The van der Waals surface area contributed by atoms with Gasteiger partial charge in [-0.25, -0.2) is 4.79 Å². The second-order valence-corrected chi connectivity index (χ2v) is 4.41. The minimum absolute atomic E-state index is 0.0226. The first-order valence-corrected chi connectivity index (χ1v) is 5.51. The number of amides is 2. The van der Waals surface area contributed by atoms with E-state index in [2.05, 4.69) is 4.98 Å². The van der Waals surface area contributed by atoms with E-state index >= 15 is 0 Å². The average Bonchev–Trinajstić information content (AvgIpc) is 2.55. The molecule has 2 amide bonds. The van der Waals surface area contributed by atoms with Crippen molar-refractivity contribution in [3.63, 3.8) is 0 Å². The van der Waals surface area contributed by atoms with Crippen LogP contribution in [0.5, 0.6) is 0 Å². The largest absolute Gasteiger partial charge is 0.480 e. The molecule has 1 atom stereocenters. The van der Waals surface area contributed by atoms with E-state index in [1.165, 1.54) is 12.3 Å². The Morgan fingerprint density at radius 1 is 1.33 bits per heavy atom. The highest BCUT2D eigenvalue weighted by atomic mass is 16.4. The number of carbonyl (C=O) groups excluding carboxylic acids is 2. The summed E-state index contributed by atoms with van der Waals surface area (Å²) >= 11 is 0. The van der Waals surface area contributed by atoms with Gasteiger partial charge in [-0.05, 0) is 18.1 Å². The van der Waals surface area contributed by atoms with Crippen LogP contribution in [-0.2, 0) is 4.79 Å². The molecule has 0 saturated heterocycles. The van der Waals surface area contributed by atoms with Gasteiger partial charge in [0.1, 0.15) is 11.7 Å². The van der Waals surface area contributed by atoms with Crippen LogP contribution >= 0.6 is 0 Å². The Balaban J connectivity index is 2.47. The molecule has 1 aromatic heterocycles. The molecule has 0 unspecified atom stereocenters. The maximum absolute atomic E-state index is 12.1. The normalized spacial score (nSPS) is 16.1. The third-order valence-electron chi connectivity index (χ3n) is 2.84. The highest BCUT2D eigenvalue weighted by Gasteiger charge is 2.44. The molecule has 0 aromatic carbocycles. The number of nitrogens with zero attached hydrogens (tertiary/aromatic N) is 2. The first kappa shape index (κ1) is 12.2. The summed E-state index contributed by atoms with van der Waals surface area (Å²) in [5.41, 5.74) is 0.184. The van der Waals surface area contributed by atoms with Crippen molar-refractivity contribution in [1.82, 2.24) is 9.88 Å². The number of carboxylic acid groups (broad SMARTS) is 1. The third-order valence-corrected chi connectivity index (χ3v) is 2.84. The molecular formula is C12H12N2O4. The molecule has 18 heavy (non-hydrogen) atoms. The van der Waals surface area contributed by atoms with E-state index in [-0.39, 0.29) is 17.2 Å². The molecule has 0 saturated carbocycles. The third kappa shape index (κ3) is 1.66. The van der Waals surface area contributed by atoms with Gasteiger partial charge < -0.3 is 5.11 Å². The number of imide groups is 1. The van der Waals surface area contributed by atoms with Gasteiger partial charge in [0.2, 0.25) is 0 Å². The Kier molecular flexibility index (Phi) is 2.86. The van der Waals surface area contributed by atoms with Gasteiger partial charge in [-0.1, -0.05) is 13.8 Å². The summed E-state index contributed by atoms with van der Waals surface area (Å²) in [6, 6.07) is 1.85. The van der Waals surface area contributed by atoms with Crippen LogP contribution in [0.1, 0.15) is 34.7 Å². The number of fused-ring (bicyclic) bond motifs is 1. The van der Waals surface area contributed by atoms with Crippen molar-refractivity contribution in [3.05, 3.63) is 29.6 Å². The molecule has 1 aliphatic rings. The highest BCUT2D eigenvalue weighted by molar-refractivity contribution is 6.21. The second-order valence-electron chi connectivity index (χ2n) is 4.41. The van der Waals surface area contributed by atoms with Gasteiger partial charge in [-0.3, -0.25) is 19.5 Å². The zero-order valence-corrected chi connectivity index (χ0v) is 9.95. The van der Waals surface area contributed by atoms with E-state index in [4.69, 9.17) is 5.11 Å². The summed E-state index contributed by atoms with van der Waals surface area (Å²) in [6.45, 7) is 3.30. The molecule has 6 nitrogen and oxygen atoms in total. The smallest absolute Gasteiger partial charge is 0.327 e. The molecule has 2 rings (SSSR count). The van der Waals surface area contributed by atoms with Gasteiger partial charge in [0.25, 0.3) is 11.8 Å². The topological polar surface area (TPSA) is 87.6 Å². The molecule has 0 spiro atoms. The second kappa shape index (κ2) is 4.21. The van der Waals surface area contributed by atoms with Gasteiger partial charge in [0.05, 0.1) is 5.56 Å². The summed E-state index contributed by atoms with van der Waals surface area (Å²) in [5.74, 6) is -2.80. The number of hydrogen-bond donors (Lipinski definition) is 1. The van der Waals surface area contributed by atoms with Crippen LogP contribution in [0.25, 0.3) is 0 Å². The Morgan fingerprint density at radius 2 is 2.00 bits per heavy atom. The SMILES string of the molecule is CC(C)[C@H](C(=O)O)N1C(=O)c2cccnc2C1=O. The Labute approximate surface area is 103 Å². The van der Waals surface area contributed by atoms with Crippen molar-refractivity contribution in [1.29, 1.82) is 0 Å². The van der Waals surface area contributed by atoms with Gasteiger partial charge in [0.15, 0.2) is 0 Å². The van der Waals surface area contributed by atoms with Crippen molar-refractivity contribution in [3.8, 4) is 0 Å². The number of pyridine rings is 1. The van der Waals surface area contributed by atoms with E-state index in [1.807, 2.05) is 0 Å². The molecule has 0 radical (unpaired) electrons. The minimum Gasteiger partial charge on any atom is -0.480 e. The van der Waals surface area contributed by atoms with E-state index < -0.39 is 23.8 Å². The van der Waals surface area contributed by atoms with Gasteiger partial charge in [-0.15, -0.1) is 0 Å². The van der Waals surface area contributed by atoms with Crippen LogP contribution in [0, 0.1) is 5.92 Å². The Hall–Kier alpha value is -2.24. The zero-order chi connectivity index (χ0) is 13.4. The van der Waals surface area contributed by atoms with Gasteiger partial charge in [-0.2, -0.15) is 0 Å². The lowest BCUT2D eigenvalue weighted by Crippen LogP contribution is -2.47. The monoisotopic (exact) mass is 248 g/mol. The summed E-state index contributed by atoms with van der Waals surface area (Å²) in [6.07, 6.45) is 1.40. The fourth-order valence-corrected chi connectivity index (χ4v) is 2.03. The fraction of sp³-hybridized carbons (Fsp3) is 0.333. The molecule has 94 valence electrons. The number of rotatable bonds is 3. The van der Waals surface area contributed by atoms with Crippen LogP contribution < -0.4 is 0 Å². The standard InChI is InChI=1S/C12H12N2O4/c1-6(2)9(12(17)18)14-10(15)7-4-3-5-13-8(7)11(14)16/h3-6,9H,1-2H3,(H,17,18)/t9-/m1/s1. The highest BCUT2D eigenvalue weighted by Crippen LogP contribution is 2.25. The molecule has 0 aliphatic carbocycles. The summed E-state index contributed by atoms with van der Waals surface area (Å²) in [7, 11) is 0. The lowest BCUT2D eigenvalue weighted by Gasteiger charge is -2.25. The quantitative estimate of drug-likeness (QED) is 0.799. The molecule has 0 fully saturated rings. The molecular weight excluding hydrogens is 236 g/mol. The summed E-state index contributed by atoms with van der Waals surface area (Å²) in [5, 5.41) is 9.15. The molecule has 0 bridgehead atoms. The Morgan fingerprint density at radius 3 is 2.50 bits per heavy atom. The van der Waals surface area contributed by atoms with E-state index in [9.17, 15) is 14.4 Å². The minimum atomic E-state index is -1.19. The van der Waals surface area contributed by atoms with Crippen LogP contribution in [-0.4, -0.2) is 38.8 Å². The average molecular weight is 248 g/mol. The number of hydrogen-bond acceptors (Lipinski definition) is 4. The van der Waals surface area contributed by atoms with Crippen molar-refractivity contribution in [2.75, 3.05) is 0 Å². The predicted molar refractivity (Wildman–Crippen MR) is 61.0 cm³/mol. The molecule has 6 heteroatoms. The Bertz CT molecular complexity index is 504. The van der Waals surface area contributed by atoms with E-state index in [0.717, 1.165) is 4.90 Å². The van der Waals surface area contributed by atoms with Crippen molar-refractivity contribution in [2.45, 2.75) is 19.9 Å². The van der Waals surface area contributed by atoms with Crippen LogP contribution in [0.3, 0.4) is 0 Å². The van der Waals surface area contributed by atoms with Crippen LogP contribution in [0.15, 0.2) is 18.3 Å². The summed E-state index contributed by atoms with van der Waals surface area (Å²) < 4.78 is 0. The lowest BCUT2D eigenvalue weighted by molar-refractivity contribution is -0.143.